The maximum atomic E-state index is 13.0. The molecule has 9 heteroatoms. The lowest BCUT2D eigenvalue weighted by Crippen LogP contribution is -2.34. The van der Waals surface area contributed by atoms with Gasteiger partial charge in [0.25, 0.3) is 10.0 Å². The zero-order chi connectivity index (χ0) is 19.2. The Kier molecular flexibility index (Phi) is 4.03. The molecule has 1 unspecified atom stereocenters. The summed E-state index contributed by atoms with van der Waals surface area (Å²) in [6, 6.07) is 12.1. The summed E-state index contributed by atoms with van der Waals surface area (Å²) in [6.45, 7) is 0.435. The molecule has 0 spiro atoms. The van der Waals surface area contributed by atoms with Crippen molar-refractivity contribution in [2.24, 2.45) is 5.73 Å². The van der Waals surface area contributed by atoms with Gasteiger partial charge in [-0.05, 0) is 35.7 Å². The zero-order valence-corrected chi connectivity index (χ0v) is 15.1. The SMILES string of the molecule is NC(=O)N1CCc2cc(S(=O)(=O)N3CC(c4ccccc4)NC3=O)ccc21. The van der Waals surface area contributed by atoms with E-state index in [1.165, 1.54) is 17.0 Å². The number of carbonyl (C=O) groups is 2. The largest absolute Gasteiger partial charge is 0.351 e. The molecule has 0 aliphatic carbocycles. The number of nitrogens with zero attached hydrogens (tertiary/aromatic N) is 2. The molecule has 2 aliphatic heterocycles. The van der Waals surface area contributed by atoms with Gasteiger partial charge in [-0.25, -0.2) is 22.3 Å². The Balaban J connectivity index is 1.63. The van der Waals surface area contributed by atoms with Crippen LogP contribution in [0, 0.1) is 0 Å². The van der Waals surface area contributed by atoms with Gasteiger partial charge in [0, 0.05) is 12.2 Å². The van der Waals surface area contributed by atoms with Gasteiger partial charge < -0.3 is 11.1 Å². The topological polar surface area (TPSA) is 113 Å². The number of anilines is 1. The second kappa shape index (κ2) is 6.27. The lowest BCUT2D eigenvalue weighted by Gasteiger charge is -2.17. The number of rotatable bonds is 3. The van der Waals surface area contributed by atoms with Crippen molar-refractivity contribution in [2.75, 3.05) is 18.0 Å². The van der Waals surface area contributed by atoms with Gasteiger partial charge in [0.05, 0.1) is 17.5 Å². The van der Waals surface area contributed by atoms with Crippen LogP contribution in [-0.2, 0) is 16.4 Å². The highest BCUT2D eigenvalue weighted by molar-refractivity contribution is 7.89. The maximum absolute atomic E-state index is 13.0. The minimum atomic E-state index is -4.00. The Morgan fingerprint density at radius 1 is 1.15 bits per heavy atom. The van der Waals surface area contributed by atoms with Crippen molar-refractivity contribution in [2.45, 2.75) is 17.4 Å². The van der Waals surface area contributed by atoms with Crippen LogP contribution in [-0.4, -0.2) is 37.9 Å². The summed E-state index contributed by atoms with van der Waals surface area (Å²) in [6.07, 6.45) is 0.514. The summed E-state index contributed by atoms with van der Waals surface area (Å²) < 4.78 is 26.8. The van der Waals surface area contributed by atoms with Crippen LogP contribution in [0.1, 0.15) is 17.2 Å². The van der Waals surface area contributed by atoms with Crippen LogP contribution >= 0.6 is 0 Å². The van der Waals surface area contributed by atoms with E-state index in [-0.39, 0.29) is 11.4 Å². The number of carbonyl (C=O) groups excluding carboxylic acids is 2. The zero-order valence-electron chi connectivity index (χ0n) is 14.3. The maximum Gasteiger partial charge on any atom is 0.331 e. The first-order valence-corrected chi connectivity index (χ1v) is 9.90. The molecule has 3 N–H and O–H groups in total. The molecule has 0 aromatic heterocycles. The van der Waals surface area contributed by atoms with E-state index in [9.17, 15) is 18.0 Å². The molecule has 4 rings (SSSR count). The Hall–Kier alpha value is -3.07. The molecule has 2 aromatic carbocycles. The highest BCUT2D eigenvalue weighted by Crippen LogP contribution is 2.32. The third kappa shape index (κ3) is 2.89. The van der Waals surface area contributed by atoms with Crippen LogP contribution in [0.25, 0.3) is 0 Å². The second-order valence-electron chi connectivity index (χ2n) is 6.48. The van der Waals surface area contributed by atoms with Gasteiger partial charge in [-0.15, -0.1) is 0 Å². The number of urea groups is 2. The van der Waals surface area contributed by atoms with Gasteiger partial charge in [0.1, 0.15) is 0 Å². The van der Waals surface area contributed by atoms with Crippen LogP contribution in [0.4, 0.5) is 15.3 Å². The molecule has 4 amide bonds. The molecule has 140 valence electrons. The third-order valence-electron chi connectivity index (χ3n) is 4.88. The average Bonchev–Trinajstić information content (AvgIpc) is 3.26. The number of amides is 4. The van der Waals surface area contributed by atoms with Crippen molar-refractivity contribution < 1.29 is 18.0 Å². The van der Waals surface area contributed by atoms with Crippen LogP contribution in [0.15, 0.2) is 53.4 Å². The summed E-state index contributed by atoms with van der Waals surface area (Å²) in [4.78, 5) is 25.2. The first-order valence-electron chi connectivity index (χ1n) is 8.46. The monoisotopic (exact) mass is 386 g/mol. The lowest BCUT2D eigenvalue weighted by molar-refractivity contribution is 0.235. The Labute approximate surface area is 156 Å². The van der Waals surface area contributed by atoms with Gasteiger partial charge in [0.15, 0.2) is 0 Å². The fourth-order valence-electron chi connectivity index (χ4n) is 3.49. The summed E-state index contributed by atoms with van der Waals surface area (Å²) in [5, 5.41) is 2.71. The highest BCUT2D eigenvalue weighted by atomic mass is 32.2. The van der Waals surface area contributed by atoms with Gasteiger partial charge >= 0.3 is 12.1 Å². The quantitative estimate of drug-likeness (QED) is 0.834. The van der Waals surface area contributed by atoms with Crippen molar-refractivity contribution in [1.29, 1.82) is 0 Å². The van der Waals surface area contributed by atoms with Crippen molar-refractivity contribution in [3.63, 3.8) is 0 Å². The minimum Gasteiger partial charge on any atom is -0.351 e. The minimum absolute atomic E-state index is 0.0235. The van der Waals surface area contributed by atoms with Crippen LogP contribution in [0.3, 0.4) is 0 Å². The fourth-order valence-corrected chi connectivity index (χ4v) is 4.89. The molecular formula is C18H18N4O4S. The van der Waals surface area contributed by atoms with Crippen molar-refractivity contribution in [3.05, 3.63) is 59.7 Å². The third-order valence-corrected chi connectivity index (χ3v) is 6.62. The number of benzene rings is 2. The first kappa shape index (κ1) is 17.3. The number of primary amides is 1. The predicted molar refractivity (Wildman–Crippen MR) is 98.7 cm³/mol. The second-order valence-corrected chi connectivity index (χ2v) is 8.34. The molecule has 2 aromatic rings. The average molecular weight is 386 g/mol. The van der Waals surface area contributed by atoms with E-state index in [0.717, 1.165) is 9.87 Å². The molecule has 2 heterocycles. The van der Waals surface area contributed by atoms with E-state index >= 15 is 0 Å². The molecule has 1 atom stereocenters. The normalized spacial score (nSPS) is 19.1. The smallest absolute Gasteiger partial charge is 0.331 e. The van der Waals surface area contributed by atoms with E-state index < -0.39 is 28.1 Å². The van der Waals surface area contributed by atoms with Gasteiger partial charge in [-0.1, -0.05) is 30.3 Å². The molecule has 27 heavy (non-hydrogen) atoms. The Morgan fingerprint density at radius 2 is 1.89 bits per heavy atom. The number of hydrogen-bond acceptors (Lipinski definition) is 4. The van der Waals surface area contributed by atoms with Crippen molar-refractivity contribution >= 4 is 27.8 Å². The van der Waals surface area contributed by atoms with Crippen molar-refractivity contribution in [3.8, 4) is 0 Å². The number of hydrogen-bond donors (Lipinski definition) is 2. The van der Waals surface area contributed by atoms with Gasteiger partial charge in [-0.3, -0.25) is 4.90 Å². The molecular weight excluding hydrogens is 368 g/mol. The van der Waals surface area contributed by atoms with Crippen LogP contribution in [0.5, 0.6) is 0 Å². The number of fused-ring (bicyclic) bond motifs is 1. The number of nitrogens with two attached hydrogens (primary N) is 1. The number of sulfonamides is 1. The molecule has 2 aliphatic rings. The number of nitrogens with one attached hydrogen (secondary N) is 1. The molecule has 0 radical (unpaired) electrons. The van der Waals surface area contributed by atoms with E-state index in [1.54, 1.807) is 6.07 Å². The van der Waals surface area contributed by atoms with Gasteiger partial charge in [0.2, 0.25) is 0 Å². The van der Waals surface area contributed by atoms with Crippen LogP contribution in [0.2, 0.25) is 0 Å². The van der Waals surface area contributed by atoms with E-state index in [4.69, 9.17) is 5.73 Å². The molecule has 1 fully saturated rings. The fraction of sp³-hybridized carbons (Fsp3) is 0.222. The first-order chi connectivity index (χ1) is 12.9. The molecule has 1 saturated heterocycles. The lowest BCUT2D eigenvalue weighted by atomic mass is 10.1. The summed E-state index contributed by atoms with van der Waals surface area (Å²) in [5.74, 6) is 0. The van der Waals surface area contributed by atoms with E-state index in [0.29, 0.717) is 24.2 Å². The van der Waals surface area contributed by atoms with Crippen LogP contribution < -0.4 is 16.0 Å². The Bertz CT molecular complexity index is 1020. The highest BCUT2D eigenvalue weighted by Gasteiger charge is 2.39. The molecule has 0 saturated carbocycles. The molecule has 0 bridgehead atoms. The summed E-state index contributed by atoms with van der Waals surface area (Å²) in [7, 11) is -4.00. The van der Waals surface area contributed by atoms with E-state index in [2.05, 4.69) is 5.32 Å². The Morgan fingerprint density at radius 3 is 2.59 bits per heavy atom. The standard InChI is InChI=1S/C18H18N4O4S/c19-17(23)21-9-8-13-10-14(6-7-16(13)21)27(25,26)22-11-15(20-18(22)24)12-4-2-1-3-5-12/h1-7,10,15H,8-9,11H2,(H2,19,23)(H,20,24). The summed E-state index contributed by atoms with van der Waals surface area (Å²) in [5.41, 5.74) is 7.50. The molecule has 8 nitrogen and oxygen atoms in total. The van der Waals surface area contributed by atoms with E-state index in [1.807, 2.05) is 30.3 Å². The predicted octanol–water partition coefficient (Wildman–Crippen LogP) is 1.58. The van der Waals surface area contributed by atoms with Gasteiger partial charge in [-0.2, -0.15) is 0 Å². The van der Waals surface area contributed by atoms with Crippen molar-refractivity contribution in [1.82, 2.24) is 9.62 Å². The summed E-state index contributed by atoms with van der Waals surface area (Å²) >= 11 is 0.